The fraction of sp³-hybridized carbons (Fsp3) is 0.487. The van der Waals surface area contributed by atoms with E-state index in [0.717, 1.165) is 6.29 Å². The monoisotopic (exact) mass is 709 g/mol. The van der Waals surface area contributed by atoms with E-state index in [1.807, 2.05) is 24.3 Å². The minimum Gasteiger partial charge on any atom is -0.491 e. The average Bonchev–Trinajstić information content (AvgIpc) is 3.49. The first-order valence-electron chi connectivity index (χ1n) is 17.6. The Balaban J connectivity index is 0.821. The number of carbonyl (C=O) groups is 2. The largest absolute Gasteiger partial charge is 0.491 e. The molecule has 3 aromatic carbocycles. The lowest BCUT2D eigenvalue weighted by molar-refractivity contribution is -0.0212. The minimum absolute atomic E-state index is 0.0484. The number of hydrogen-bond donors (Lipinski definition) is 1. The number of hydrogen-bond acceptors (Lipinski definition) is 11. The van der Waals surface area contributed by atoms with Crippen LogP contribution in [0.5, 0.6) is 5.75 Å². The molecule has 0 radical (unpaired) electrons. The Hall–Kier alpha value is -3.88. The zero-order valence-corrected chi connectivity index (χ0v) is 29.3. The number of carbonyl (C=O) groups excluding carboxylic acids is 2. The van der Waals surface area contributed by atoms with Crippen LogP contribution in [-0.2, 0) is 37.9 Å². The molecule has 0 saturated carbocycles. The second-order valence-corrected chi connectivity index (χ2v) is 11.4. The summed E-state index contributed by atoms with van der Waals surface area (Å²) in [6.07, 6.45) is 1.06. The molecule has 278 valence electrons. The van der Waals surface area contributed by atoms with Crippen molar-refractivity contribution >= 4 is 12.4 Å². The summed E-state index contributed by atoms with van der Waals surface area (Å²) < 4.78 is 49.6. The lowest BCUT2D eigenvalue weighted by atomic mass is 9.98. The summed E-state index contributed by atoms with van der Waals surface area (Å²) in [5.41, 5.74) is 5.42. The summed E-state index contributed by atoms with van der Waals surface area (Å²) in [6.45, 7) is 7.95. The van der Waals surface area contributed by atoms with E-state index in [9.17, 15) is 9.59 Å². The topological polar surface area (TPSA) is 129 Å². The molecule has 0 aliphatic heterocycles. The summed E-state index contributed by atoms with van der Waals surface area (Å²) in [5, 5.41) is 2.80. The first-order valence-corrected chi connectivity index (χ1v) is 17.6. The number of amides is 1. The van der Waals surface area contributed by atoms with Gasteiger partial charge in [-0.05, 0) is 52.9 Å². The van der Waals surface area contributed by atoms with E-state index in [1.54, 1.807) is 24.3 Å². The number of aldehydes is 1. The highest BCUT2D eigenvalue weighted by molar-refractivity contribution is 5.79. The number of rotatable bonds is 29. The molecule has 4 rings (SSSR count). The quantitative estimate of drug-likeness (QED) is 0.0779. The van der Waals surface area contributed by atoms with E-state index >= 15 is 0 Å². The van der Waals surface area contributed by atoms with Crippen LogP contribution < -0.4 is 10.1 Å². The summed E-state index contributed by atoms with van der Waals surface area (Å²) in [7, 11) is 0. The lowest BCUT2D eigenvalue weighted by Crippen LogP contribution is -2.27. The Morgan fingerprint density at radius 1 is 0.549 bits per heavy atom. The maximum atomic E-state index is 12.3. The molecule has 12 heteroatoms. The maximum Gasteiger partial charge on any atom is 0.407 e. The second-order valence-electron chi connectivity index (χ2n) is 11.4. The zero-order chi connectivity index (χ0) is 35.6. The molecule has 0 fully saturated rings. The van der Waals surface area contributed by atoms with Crippen LogP contribution in [0.15, 0.2) is 72.8 Å². The van der Waals surface area contributed by atoms with Gasteiger partial charge in [0.15, 0.2) is 0 Å². The number of benzene rings is 3. The molecule has 0 spiro atoms. The molecule has 51 heavy (non-hydrogen) atoms. The van der Waals surface area contributed by atoms with Crippen molar-refractivity contribution in [2.24, 2.45) is 0 Å². The Morgan fingerprint density at radius 3 is 1.45 bits per heavy atom. The average molecular weight is 710 g/mol. The van der Waals surface area contributed by atoms with E-state index in [2.05, 4.69) is 29.6 Å². The van der Waals surface area contributed by atoms with Crippen molar-refractivity contribution < 1.29 is 52.2 Å². The summed E-state index contributed by atoms with van der Waals surface area (Å²) in [6, 6.07) is 23.5. The Labute approximate surface area is 300 Å². The Kier molecular flexibility index (Phi) is 19.7. The SMILES string of the molecule is O=Cc1ccc(OCCOCCOCCOCCOCCOCCOCCOCCCNC(=O)OCC2c3ccccc3-c3ccccc32)cc1. The number of nitrogens with one attached hydrogen (secondary N) is 1. The van der Waals surface area contributed by atoms with Crippen molar-refractivity contribution in [3.63, 3.8) is 0 Å². The van der Waals surface area contributed by atoms with Gasteiger partial charge in [-0.15, -0.1) is 0 Å². The van der Waals surface area contributed by atoms with E-state index < -0.39 is 6.09 Å². The van der Waals surface area contributed by atoms with Gasteiger partial charge in [-0.1, -0.05) is 48.5 Å². The van der Waals surface area contributed by atoms with E-state index in [-0.39, 0.29) is 5.92 Å². The number of alkyl carbamates (subject to hydrolysis) is 1. The highest BCUT2D eigenvalue weighted by Crippen LogP contribution is 2.44. The summed E-state index contributed by atoms with van der Waals surface area (Å²) in [5.74, 6) is 0.749. The van der Waals surface area contributed by atoms with Gasteiger partial charge in [-0.2, -0.15) is 0 Å². The van der Waals surface area contributed by atoms with Crippen LogP contribution in [0.3, 0.4) is 0 Å². The van der Waals surface area contributed by atoms with Crippen molar-refractivity contribution in [3.8, 4) is 16.9 Å². The third kappa shape index (κ3) is 15.5. The van der Waals surface area contributed by atoms with Crippen molar-refractivity contribution in [1.29, 1.82) is 0 Å². The first-order chi connectivity index (χ1) is 25.3. The van der Waals surface area contributed by atoms with Crippen LogP contribution >= 0.6 is 0 Å². The van der Waals surface area contributed by atoms with Crippen LogP contribution in [0.4, 0.5) is 4.79 Å². The van der Waals surface area contributed by atoms with Crippen molar-refractivity contribution in [2.75, 3.05) is 112 Å². The highest BCUT2D eigenvalue weighted by Gasteiger charge is 2.28. The molecule has 0 unspecified atom stereocenters. The Bertz CT molecular complexity index is 1340. The number of fused-ring (bicyclic) bond motifs is 3. The van der Waals surface area contributed by atoms with E-state index in [0.29, 0.717) is 130 Å². The predicted octanol–water partition coefficient (Wildman–Crippen LogP) is 4.92. The first kappa shape index (κ1) is 39.9. The van der Waals surface area contributed by atoms with Crippen LogP contribution in [0.1, 0.15) is 33.8 Å². The molecular weight excluding hydrogens is 658 g/mol. The normalized spacial score (nSPS) is 12.0. The van der Waals surface area contributed by atoms with Crippen molar-refractivity contribution in [2.45, 2.75) is 12.3 Å². The fourth-order valence-corrected chi connectivity index (χ4v) is 5.30. The Morgan fingerprint density at radius 2 is 0.980 bits per heavy atom. The molecule has 1 aliphatic carbocycles. The van der Waals surface area contributed by atoms with Gasteiger partial charge in [0.05, 0.1) is 85.9 Å². The molecule has 12 nitrogen and oxygen atoms in total. The van der Waals surface area contributed by atoms with Crippen molar-refractivity contribution in [3.05, 3.63) is 89.5 Å². The number of ether oxygens (including phenoxy) is 9. The molecular formula is C39H51NO11. The molecule has 0 atom stereocenters. The molecule has 0 bridgehead atoms. The molecule has 1 aliphatic rings. The molecule has 3 aromatic rings. The lowest BCUT2D eigenvalue weighted by Gasteiger charge is -2.14. The molecule has 0 aromatic heterocycles. The summed E-state index contributed by atoms with van der Waals surface area (Å²) in [4.78, 5) is 22.9. The van der Waals surface area contributed by atoms with Gasteiger partial charge in [0.25, 0.3) is 0 Å². The van der Waals surface area contributed by atoms with Gasteiger partial charge in [0.2, 0.25) is 0 Å². The van der Waals surface area contributed by atoms with Crippen LogP contribution in [0.2, 0.25) is 0 Å². The molecule has 0 heterocycles. The standard InChI is InChI=1S/C39H51NO11/c41-30-32-10-12-33(13-11-32)50-29-28-49-27-26-48-25-24-47-23-22-46-21-20-45-19-18-44-17-16-43-15-5-14-40-39(42)51-31-38-36-8-3-1-6-34(36)35-7-2-4-9-37(35)38/h1-4,6-13,30,38H,5,14-29,31H2,(H,40,42). The summed E-state index contributed by atoms with van der Waals surface area (Å²) >= 11 is 0. The van der Waals surface area contributed by atoms with E-state index in [4.69, 9.17) is 42.6 Å². The molecule has 1 amide bonds. The molecule has 0 saturated heterocycles. The predicted molar refractivity (Wildman–Crippen MR) is 191 cm³/mol. The third-order valence-corrected chi connectivity index (χ3v) is 7.82. The van der Waals surface area contributed by atoms with Gasteiger partial charge in [-0.25, -0.2) is 4.79 Å². The van der Waals surface area contributed by atoms with Gasteiger partial charge in [-0.3, -0.25) is 4.79 Å². The van der Waals surface area contributed by atoms with Crippen LogP contribution in [0.25, 0.3) is 11.1 Å². The molecule has 1 N–H and O–H groups in total. The highest BCUT2D eigenvalue weighted by atomic mass is 16.6. The minimum atomic E-state index is -0.417. The van der Waals surface area contributed by atoms with Crippen LogP contribution in [-0.4, -0.2) is 125 Å². The van der Waals surface area contributed by atoms with Gasteiger partial charge in [0, 0.05) is 24.6 Å². The van der Waals surface area contributed by atoms with Gasteiger partial charge in [0.1, 0.15) is 25.2 Å². The van der Waals surface area contributed by atoms with Gasteiger partial charge >= 0.3 is 6.09 Å². The third-order valence-electron chi connectivity index (χ3n) is 7.82. The van der Waals surface area contributed by atoms with Crippen molar-refractivity contribution in [1.82, 2.24) is 5.32 Å². The smallest absolute Gasteiger partial charge is 0.407 e. The fourth-order valence-electron chi connectivity index (χ4n) is 5.30. The van der Waals surface area contributed by atoms with Crippen LogP contribution in [0, 0.1) is 0 Å². The second kappa shape index (κ2) is 25.1. The van der Waals surface area contributed by atoms with Gasteiger partial charge < -0.3 is 47.9 Å². The van der Waals surface area contributed by atoms with E-state index in [1.165, 1.54) is 22.3 Å². The maximum absolute atomic E-state index is 12.3. The zero-order valence-electron chi connectivity index (χ0n) is 29.3.